The number of aromatic nitrogens is 2. The average molecular weight is 195 g/mol. The van der Waals surface area contributed by atoms with Gasteiger partial charge >= 0.3 is 0 Å². The number of carbonyl (C=O) groups excluding carboxylic acids is 1. The second-order valence-electron chi connectivity index (χ2n) is 3.44. The summed E-state index contributed by atoms with van der Waals surface area (Å²) in [5.74, 6) is 0.0127. The fourth-order valence-corrected chi connectivity index (χ4v) is 1.47. The van der Waals surface area contributed by atoms with Crippen molar-refractivity contribution in [2.75, 3.05) is 6.54 Å². The molecule has 78 valence electrons. The summed E-state index contributed by atoms with van der Waals surface area (Å²) in [5, 5.41) is 7.05. The molecule has 1 atom stereocenters. The number of aryl methyl sites for hydroxylation is 2. The van der Waals surface area contributed by atoms with E-state index < -0.39 is 0 Å². The van der Waals surface area contributed by atoms with Gasteiger partial charge in [-0.25, -0.2) is 0 Å². The number of carbonyl (C=O) groups is 1. The van der Waals surface area contributed by atoms with Gasteiger partial charge in [0.15, 0.2) is 0 Å². The Hall–Kier alpha value is -1.32. The molecule has 0 aliphatic rings. The van der Waals surface area contributed by atoms with Gasteiger partial charge in [-0.05, 0) is 33.8 Å². The maximum atomic E-state index is 11.5. The summed E-state index contributed by atoms with van der Waals surface area (Å²) >= 11 is 0. The zero-order chi connectivity index (χ0) is 10.7. The molecular weight excluding hydrogens is 178 g/mol. The molecule has 0 spiro atoms. The Balaban J connectivity index is 2.83. The van der Waals surface area contributed by atoms with E-state index >= 15 is 0 Å². The highest BCUT2D eigenvalue weighted by atomic mass is 16.2. The Bertz CT molecular complexity index is 330. The maximum absolute atomic E-state index is 11.5. The average Bonchev–Trinajstić information content (AvgIpc) is 2.44. The summed E-state index contributed by atoms with van der Waals surface area (Å²) in [4.78, 5) is 11.5. The van der Waals surface area contributed by atoms with Gasteiger partial charge in [0.2, 0.25) is 5.91 Å². The van der Waals surface area contributed by atoms with Crippen LogP contribution < -0.4 is 5.32 Å². The van der Waals surface area contributed by atoms with Crippen LogP contribution in [0.2, 0.25) is 0 Å². The number of nitrogens with one attached hydrogen (secondary N) is 1. The smallest absolute Gasteiger partial charge is 0.244 e. The zero-order valence-electron chi connectivity index (χ0n) is 9.16. The largest absolute Gasteiger partial charge is 0.355 e. The molecule has 4 heteroatoms. The van der Waals surface area contributed by atoms with Crippen LogP contribution in [0.5, 0.6) is 0 Å². The van der Waals surface area contributed by atoms with Gasteiger partial charge in [-0.1, -0.05) is 0 Å². The molecule has 0 aliphatic heterocycles. The number of hydrogen-bond donors (Lipinski definition) is 1. The molecule has 1 aromatic heterocycles. The Kier molecular flexibility index (Phi) is 3.28. The molecule has 0 fully saturated rings. The molecule has 1 N–H and O–H groups in total. The van der Waals surface area contributed by atoms with Crippen molar-refractivity contribution in [2.24, 2.45) is 0 Å². The van der Waals surface area contributed by atoms with Crippen molar-refractivity contribution in [3.05, 3.63) is 17.5 Å². The molecule has 1 heterocycles. The lowest BCUT2D eigenvalue weighted by Gasteiger charge is -2.13. The third kappa shape index (κ3) is 2.13. The van der Waals surface area contributed by atoms with E-state index in [1.54, 1.807) is 4.68 Å². The molecule has 0 radical (unpaired) electrons. The number of nitrogens with zero attached hydrogens (tertiary/aromatic N) is 2. The zero-order valence-corrected chi connectivity index (χ0v) is 9.16. The Labute approximate surface area is 84.3 Å². The third-order valence-corrected chi connectivity index (χ3v) is 2.14. The summed E-state index contributed by atoms with van der Waals surface area (Å²) in [6.45, 7) is 8.29. The molecule has 14 heavy (non-hydrogen) atoms. The van der Waals surface area contributed by atoms with Gasteiger partial charge in [0.25, 0.3) is 0 Å². The van der Waals surface area contributed by atoms with Gasteiger partial charge in [-0.3, -0.25) is 9.48 Å². The van der Waals surface area contributed by atoms with Crippen LogP contribution in [0.3, 0.4) is 0 Å². The molecule has 1 unspecified atom stereocenters. The first-order chi connectivity index (χ1) is 6.56. The van der Waals surface area contributed by atoms with Crippen molar-refractivity contribution in [3.8, 4) is 0 Å². The first-order valence-electron chi connectivity index (χ1n) is 4.86. The lowest BCUT2D eigenvalue weighted by molar-refractivity contribution is -0.124. The molecule has 0 aliphatic carbocycles. The molecule has 4 nitrogen and oxygen atoms in total. The lowest BCUT2D eigenvalue weighted by atomic mass is 10.3. The van der Waals surface area contributed by atoms with E-state index in [4.69, 9.17) is 0 Å². The van der Waals surface area contributed by atoms with Crippen molar-refractivity contribution in [2.45, 2.75) is 33.7 Å². The third-order valence-electron chi connectivity index (χ3n) is 2.14. The van der Waals surface area contributed by atoms with Crippen LogP contribution in [-0.2, 0) is 4.79 Å². The Morgan fingerprint density at radius 1 is 1.64 bits per heavy atom. The summed E-state index contributed by atoms with van der Waals surface area (Å²) in [7, 11) is 0. The molecule has 1 amide bonds. The minimum Gasteiger partial charge on any atom is -0.355 e. The van der Waals surface area contributed by atoms with E-state index in [2.05, 4.69) is 10.4 Å². The second kappa shape index (κ2) is 4.26. The monoisotopic (exact) mass is 195 g/mol. The number of hydrogen-bond acceptors (Lipinski definition) is 2. The van der Waals surface area contributed by atoms with E-state index in [0.717, 1.165) is 11.4 Å². The standard InChI is InChI=1S/C10H17N3O/c1-5-11-10(14)9(4)13-8(3)6-7(2)12-13/h6,9H,5H2,1-4H3,(H,11,14). The van der Waals surface area contributed by atoms with Crippen LogP contribution in [0, 0.1) is 13.8 Å². The normalized spacial score (nSPS) is 12.6. The quantitative estimate of drug-likeness (QED) is 0.787. The number of rotatable bonds is 3. The van der Waals surface area contributed by atoms with E-state index in [0.29, 0.717) is 6.54 Å². The van der Waals surface area contributed by atoms with Crippen LogP contribution >= 0.6 is 0 Å². The first-order valence-corrected chi connectivity index (χ1v) is 4.86. The Morgan fingerprint density at radius 2 is 2.29 bits per heavy atom. The van der Waals surface area contributed by atoms with Gasteiger partial charge in [0.1, 0.15) is 6.04 Å². The van der Waals surface area contributed by atoms with Crippen LogP contribution in [0.1, 0.15) is 31.3 Å². The van der Waals surface area contributed by atoms with Gasteiger partial charge in [-0.15, -0.1) is 0 Å². The molecule has 0 bridgehead atoms. The minimum absolute atomic E-state index is 0.0127. The highest BCUT2D eigenvalue weighted by Crippen LogP contribution is 2.10. The van der Waals surface area contributed by atoms with Crippen molar-refractivity contribution in [1.82, 2.24) is 15.1 Å². The number of likely N-dealkylation sites (N-methyl/N-ethyl adjacent to an activating group) is 1. The van der Waals surface area contributed by atoms with Crippen LogP contribution in [-0.4, -0.2) is 22.2 Å². The van der Waals surface area contributed by atoms with Gasteiger partial charge in [-0.2, -0.15) is 5.10 Å². The first kappa shape index (κ1) is 10.8. The predicted octanol–water partition coefficient (Wildman–Crippen LogP) is 1.20. The Morgan fingerprint density at radius 3 is 2.71 bits per heavy atom. The maximum Gasteiger partial charge on any atom is 0.244 e. The van der Waals surface area contributed by atoms with Crippen molar-refractivity contribution >= 4 is 5.91 Å². The van der Waals surface area contributed by atoms with Crippen LogP contribution in [0.4, 0.5) is 0 Å². The van der Waals surface area contributed by atoms with Gasteiger partial charge < -0.3 is 5.32 Å². The highest BCUT2D eigenvalue weighted by molar-refractivity contribution is 5.79. The minimum atomic E-state index is -0.233. The molecule has 0 saturated heterocycles. The topological polar surface area (TPSA) is 46.9 Å². The summed E-state index contributed by atoms with van der Waals surface area (Å²) in [6, 6.07) is 1.74. The fourth-order valence-electron chi connectivity index (χ4n) is 1.47. The molecular formula is C10H17N3O. The lowest BCUT2D eigenvalue weighted by Crippen LogP contribution is -2.31. The molecule has 0 aromatic carbocycles. The molecule has 1 rings (SSSR count). The van der Waals surface area contributed by atoms with Crippen LogP contribution in [0.25, 0.3) is 0 Å². The predicted molar refractivity (Wildman–Crippen MR) is 55.1 cm³/mol. The summed E-state index contributed by atoms with van der Waals surface area (Å²) in [6.07, 6.45) is 0. The van der Waals surface area contributed by atoms with E-state index in [-0.39, 0.29) is 11.9 Å². The molecule has 1 aromatic rings. The van der Waals surface area contributed by atoms with Crippen molar-refractivity contribution in [3.63, 3.8) is 0 Å². The van der Waals surface area contributed by atoms with Gasteiger partial charge in [0.05, 0.1) is 5.69 Å². The van der Waals surface area contributed by atoms with E-state index in [1.165, 1.54) is 0 Å². The van der Waals surface area contributed by atoms with E-state index in [1.807, 2.05) is 33.8 Å². The van der Waals surface area contributed by atoms with Gasteiger partial charge in [0, 0.05) is 12.2 Å². The summed E-state index contributed by atoms with van der Waals surface area (Å²) < 4.78 is 1.75. The molecule has 0 saturated carbocycles. The van der Waals surface area contributed by atoms with E-state index in [9.17, 15) is 4.79 Å². The number of amides is 1. The summed E-state index contributed by atoms with van der Waals surface area (Å²) in [5.41, 5.74) is 1.96. The van der Waals surface area contributed by atoms with Crippen LogP contribution in [0.15, 0.2) is 6.07 Å². The highest BCUT2D eigenvalue weighted by Gasteiger charge is 2.16. The van der Waals surface area contributed by atoms with Crippen molar-refractivity contribution in [1.29, 1.82) is 0 Å². The fraction of sp³-hybridized carbons (Fsp3) is 0.600. The second-order valence-corrected chi connectivity index (χ2v) is 3.44. The van der Waals surface area contributed by atoms with Crippen molar-refractivity contribution < 1.29 is 4.79 Å². The SMILES string of the molecule is CCNC(=O)C(C)n1nc(C)cc1C.